The first-order valence-corrected chi connectivity index (χ1v) is 6.98. The molecule has 0 atom stereocenters. The minimum atomic E-state index is -0.277. The van der Waals surface area contributed by atoms with Crippen LogP contribution in [-0.4, -0.2) is 31.5 Å². The van der Waals surface area contributed by atoms with Crippen LogP contribution >= 0.6 is 0 Å². The Morgan fingerprint density at radius 2 is 2.14 bits per heavy atom. The van der Waals surface area contributed by atoms with E-state index in [9.17, 15) is 9.59 Å². The Morgan fingerprint density at radius 1 is 1.38 bits per heavy atom. The van der Waals surface area contributed by atoms with Crippen LogP contribution in [0.25, 0.3) is 5.57 Å². The first-order chi connectivity index (χ1) is 10.1. The molecule has 0 spiro atoms. The SMILES string of the molecule is COc1cccc(/C(C)=C/C(=O)NCC(=O)NC2CC2)c1. The normalized spacial score (nSPS) is 14.5. The van der Waals surface area contributed by atoms with Crippen LogP contribution in [-0.2, 0) is 9.59 Å². The molecule has 0 saturated heterocycles. The highest BCUT2D eigenvalue weighted by Crippen LogP contribution is 2.19. The van der Waals surface area contributed by atoms with Gasteiger partial charge in [-0.05, 0) is 43.0 Å². The van der Waals surface area contributed by atoms with Crippen molar-refractivity contribution < 1.29 is 14.3 Å². The molecule has 1 aliphatic carbocycles. The van der Waals surface area contributed by atoms with E-state index >= 15 is 0 Å². The molecule has 1 saturated carbocycles. The Bertz CT molecular complexity index is 562. The molecule has 0 aromatic heterocycles. The number of hydrogen-bond donors (Lipinski definition) is 2. The number of hydrogen-bond acceptors (Lipinski definition) is 3. The molecule has 5 heteroatoms. The fourth-order valence-corrected chi connectivity index (χ4v) is 1.87. The van der Waals surface area contributed by atoms with Gasteiger partial charge in [0.15, 0.2) is 0 Å². The molecule has 21 heavy (non-hydrogen) atoms. The summed E-state index contributed by atoms with van der Waals surface area (Å²) in [5, 5.41) is 5.40. The third kappa shape index (κ3) is 4.95. The second-order valence-electron chi connectivity index (χ2n) is 5.12. The molecule has 0 heterocycles. The number of carbonyl (C=O) groups excluding carboxylic acids is 2. The lowest BCUT2D eigenvalue weighted by Crippen LogP contribution is -2.37. The fraction of sp³-hybridized carbons (Fsp3) is 0.375. The summed E-state index contributed by atoms with van der Waals surface area (Å²) in [7, 11) is 1.60. The summed E-state index contributed by atoms with van der Waals surface area (Å²) in [5.41, 5.74) is 1.72. The van der Waals surface area contributed by atoms with Crippen LogP contribution in [0.2, 0.25) is 0 Å². The molecule has 1 aromatic carbocycles. The van der Waals surface area contributed by atoms with E-state index in [1.165, 1.54) is 6.08 Å². The van der Waals surface area contributed by atoms with Gasteiger partial charge in [0.25, 0.3) is 0 Å². The molecule has 0 bridgehead atoms. The van der Waals surface area contributed by atoms with Crippen molar-refractivity contribution in [1.82, 2.24) is 10.6 Å². The van der Waals surface area contributed by atoms with Crippen molar-refractivity contribution in [2.75, 3.05) is 13.7 Å². The number of ether oxygens (including phenoxy) is 1. The number of nitrogens with one attached hydrogen (secondary N) is 2. The summed E-state index contributed by atoms with van der Waals surface area (Å²) >= 11 is 0. The maximum atomic E-state index is 11.8. The Labute approximate surface area is 124 Å². The van der Waals surface area contributed by atoms with Gasteiger partial charge in [-0.3, -0.25) is 9.59 Å². The topological polar surface area (TPSA) is 67.4 Å². The molecule has 1 fully saturated rings. The number of allylic oxidation sites excluding steroid dienone is 1. The fourth-order valence-electron chi connectivity index (χ4n) is 1.87. The largest absolute Gasteiger partial charge is 0.497 e. The first-order valence-electron chi connectivity index (χ1n) is 6.98. The molecule has 1 aliphatic rings. The quantitative estimate of drug-likeness (QED) is 0.779. The predicted molar refractivity (Wildman–Crippen MR) is 80.8 cm³/mol. The standard InChI is InChI=1S/C16H20N2O3/c1-11(12-4-3-5-14(9-12)21-2)8-15(19)17-10-16(20)18-13-6-7-13/h3-5,8-9,13H,6-7,10H2,1-2H3,(H,17,19)(H,18,20)/b11-8+. The number of amides is 2. The van der Waals surface area contributed by atoms with Gasteiger partial charge in [0, 0.05) is 12.1 Å². The van der Waals surface area contributed by atoms with Crippen LogP contribution in [0.4, 0.5) is 0 Å². The van der Waals surface area contributed by atoms with Crippen LogP contribution in [0.3, 0.4) is 0 Å². The lowest BCUT2D eigenvalue weighted by molar-refractivity contribution is -0.124. The van der Waals surface area contributed by atoms with Crippen LogP contribution in [0.15, 0.2) is 30.3 Å². The van der Waals surface area contributed by atoms with Crippen LogP contribution in [0, 0.1) is 0 Å². The number of rotatable bonds is 6. The molecule has 2 amide bonds. The van der Waals surface area contributed by atoms with E-state index < -0.39 is 0 Å². The van der Waals surface area contributed by atoms with Gasteiger partial charge in [-0.1, -0.05) is 12.1 Å². The summed E-state index contributed by atoms with van der Waals surface area (Å²) in [5.74, 6) is 0.323. The van der Waals surface area contributed by atoms with Gasteiger partial charge in [0.1, 0.15) is 5.75 Å². The molecule has 1 aromatic rings. The van der Waals surface area contributed by atoms with Gasteiger partial charge >= 0.3 is 0 Å². The van der Waals surface area contributed by atoms with E-state index in [0.717, 1.165) is 29.7 Å². The predicted octanol–water partition coefficient (Wildman–Crippen LogP) is 1.49. The smallest absolute Gasteiger partial charge is 0.244 e. The lowest BCUT2D eigenvalue weighted by Gasteiger charge is -2.06. The van der Waals surface area contributed by atoms with Crippen molar-refractivity contribution in [2.24, 2.45) is 0 Å². The molecule has 5 nitrogen and oxygen atoms in total. The summed E-state index contributed by atoms with van der Waals surface area (Å²) in [6.45, 7) is 1.86. The molecule has 0 unspecified atom stereocenters. The van der Waals surface area contributed by atoms with E-state index in [1.54, 1.807) is 7.11 Å². The second-order valence-corrected chi connectivity index (χ2v) is 5.12. The van der Waals surface area contributed by atoms with Crippen molar-refractivity contribution in [3.8, 4) is 5.75 Å². The molecule has 0 radical (unpaired) electrons. The summed E-state index contributed by atoms with van der Waals surface area (Å²) in [4.78, 5) is 23.3. The van der Waals surface area contributed by atoms with Gasteiger partial charge < -0.3 is 15.4 Å². The molecule has 2 rings (SSSR count). The highest BCUT2D eigenvalue weighted by molar-refractivity contribution is 5.96. The monoisotopic (exact) mass is 288 g/mol. The van der Waals surface area contributed by atoms with E-state index in [4.69, 9.17) is 4.74 Å². The van der Waals surface area contributed by atoms with E-state index in [1.807, 2.05) is 31.2 Å². The Hall–Kier alpha value is -2.30. The van der Waals surface area contributed by atoms with Gasteiger partial charge in [-0.25, -0.2) is 0 Å². The van der Waals surface area contributed by atoms with Gasteiger partial charge in [0.2, 0.25) is 11.8 Å². The lowest BCUT2D eigenvalue weighted by atomic mass is 10.1. The molecule has 0 aliphatic heterocycles. The van der Waals surface area contributed by atoms with E-state index in [0.29, 0.717) is 6.04 Å². The Balaban J connectivity index is 1.87. The maximum Gasteiger partial charge on any atom is 0.244 e. The van der Waals surface area contributed by atoms with E-state index in [2.05, 4.69) is 10.6 Å². The minimum Gasteiger partial charge on any atom is -0.497 e. The molecule has 112 valence electrons. The van der Waals surface area contributed by atoms with Crippen molar-refractivity contribution in [1.29, 1.82) is 0 Å². The van der Waals surface area contributed by atoms with Crippen molar-refractivity contribution in [2.45, 2.75) is 25.8 Å². The number of methoxy groups -OCH3 is 1. The average molecular weight is 288 g/mol. The van der Waals surface area contributed by atoms with Gasteiger partial charge in [-0.2, -0.15) is 0 Å². The van der Waals surface area contributed by atoms with Crippen LogP contribution in [0.5, 0.6) is 5.75 Å². The van der Waals surface area contributed by atoms with Crippen molar-refractivity contribution >= 4 is 17.4 Å². The zero-order valence-corrected chi connectivity index (χ0v) is 12.3. The summed E-state index contributed by atoms with van der Waals surface area (Å²) < 4.78 is 5.15. The minimum absolute atomic E-state index is 0.0111. The summed E-state index contributed by atoms with van der Waals surface area (Å²) in [6, 6.07) is 7.79. The Morgan fingerprint density at radius 3 is 2.81 bits per heavy atom. The van der Waals surface area contributed by atoms with Crippen molar-refractivity contribution in [3.05, 3.63) is 35.9 Å². The molecular weight excluding hydrogens is 268 g/mol. The first kappa shape index (κ1) is 15.1. The maximum absolute atomic E-state index is 11.8. The summed E-state index contributed by atoms with van der Waals surface area (Å²) in [6.07, 6.45) is 3.56. The highest BCUT2D eigenvalue weighted by Gasteiger charge is 2.22. The third-order valence-corrected chi connectivity index (χ3v) is 3.24. The zero-order valence-electron chi connectivity index (χ0n) is 12.3. The second kappa shape index (κ2) is 6.92. The van der Waals surface area contributed by atoms with Gasteiger partial charge in [-0.15, -0.1) is 0 Å². The molecular formula is C16H20N2O3. The highest BCUT2D eigenvalue weighted by atomic mass is 16.5. The molecule has 2 N–H and O–H groups in total. The van der Waals surface area contributed by atoms with Crippen LogP contribution in [0.1, 0.15) is 25.3 Å². The Kier molecular flexibility index (Phi) is 4.98. The third-order valence-electron chi connectivity index (χ3n) is 3.24. The number of carbonyl (C=O) groups is 2. The van der Waals surface area contributed by atoms with Crippen LogP contribution < -0.4 is 15.4 Å². The zero-order chi connectivity index (χ0) is 15.2. The van der Waals surface area contributed by atoms with Gasteiger partial charge in [0.05, 0.1) is 13.7 Å². The number of benzene rings is 1. The van der Waals surface area contributed by atoms with E-state index in [-0.39, 0.29) is 18.4 Å². The average Bonchev–Trinajstić information content (AvgIpc) is 3.29. The van der Waals surface area contributed by atoms with Crippen molar-refractivity contribution in [3.63, 3.8) is 0 Å².